The van der Waals surface area contributed by atoms with Crippen LogP contribution in [0.2, 0.25) is 0 Å². The Hall–Kier alpha value is -3.77. The second-order valence-corrected chi connectivity index (χ2v) is 9.26. The lowest BCUT2D eigenvalue weighted by Gasteiger charge is -2.47. The number of ether oxygens (including phenoxy) is 3. The van der Waals surface area contributed by atoms with Crippen LogP contribution in [0.4, 0.5) is 11.9 Å². The summed E-state index contributed by atoms with van der Waals surface area (Å²) >= 11 is 0. The van der Waals surface area contributed by atoms with Crippen LogP contribution in [-0.2, 0) is 11.8 Å². The number of nitrogen functional groups attached to an aromatic ring is 1. The molecule has 2 fully saturated rings. The molecule has 5 rings (SSSR count). The molecule has 2 aliphatic heterocycles. The van der Waals surface area contributed by atoms with Crippen molar-refractivity contribution in [3.05, 3.63) is 40.4 Å². The minimum absolute atomic E-state index is 0.0481. The second-order valence-electron chi connectivity index (χ2n) is 9.26. The van der Waals surface area contributed by atoms with Crippen molar-refractivity contribution in [3.8, 4) is 11.5 Å². The first-order chi connectivity index (χ1) is 17.4. The molecule has 190 valence electrons. The summed E-state index contributed by atoms with van der Waals surface area (Å²) in [6, 6.07) is 3.37. The Balaban J connectivity index is 1.33. The van der Waals surface area contributed by atoms with Gasteiger partial charge in [0.1, 0.15) is 12.1 Å². The van der Waals surface area contributed by atoms with Crippen LogP contribution in [0.15, 0.2) is 29.3 Å². The summed E-state index contributed by atoms with van der Waals surface area (Å²) in [6.45, 7) is 5.08. The van der Waals surface area contributed by atoms with Gasteiger partial charge in [0.05, 0.1) is 31.3 Å². The number of rotatable bonds is 7. The lowest BCUT2D eigenvalue weighted by molar-refractivity contribution is -0.139. The van der Waals surface area contributed by atoms with E-state index in [9.17, 15) is 9.59 Å². The number of aromatic nitrogens is 4. The van der Waals surface area contributed by atoms with Crippen molar-refractivity contribution in [2.45, 2.75) is 12.8 Å². The van der Waals surface area contributed by atoms with Crippen LogP contribution in [-0.4, -0.2) is 76.9 Å². The molecule has 2 aromatic heterocycles. The van der Waals surface area contributed by atoms with E-state index >= 15 is 0 Å². The standard InChI is InChI=1S/C24H29N7O5/c1-30-21(33)16-3-4-17(36-10-9-31-7-5-24(6-8-31)13-35-14-24)19(34-2)18(16)28-23(30)29-20(32)15-11-26-22(25)27-12-15/h3-4,11-12H,5-10,13-14H2,1-2H3,(H2,25,26,27)(H,28,29,32). The van der Waals surface area contributed by atoms with E-state index in [0.717, 1.165) is 45.7 Å². The number of hydrogen-bond acceptors (Lipinski definition) is 10. The van der Waals surface area contributed by atoms with Crippen LogP contribution < -0.4 is 26.1 Å². The Kier molecular flexibility index (Phi) is 6.46. The smallest absolute Gasteiger partial charge is 0.262 e. The maximum atomic E-state index is 13.0. The topological polar surface area (TPSA) is 147 Å². The highest BCUT2D eigenvalue weighted by Gasteiger charge is 2.40. The van der Waals surface area contributed by atoms with Crippen molar-refractivity contribution < 1.29 is 19.0 Å². The fourth-order valence-corrected chi connectivity index (χ4v) is 4.56. The molecule has 3 aromatic rings. The Morgan fingerprint density at radius 3 is 2.58 bits per heavy atom. The van der Waals surface area contributed by atoms with Crippen LogP contribution in [0.3, 0.4) is 0 Å². The molecular formula is C24H29N7O5. The number of likely N-dealkylation sites (tertiary alicyclic amines) is 1. The molecule has 3 N–H and O–H groups in total. The summed E-state index contributed by atoms with van der Waals surface area (Å²) in [5.41, 5.74) is 6.01. The quantitative estimate of drug-likeness (QED) is 0.488. The molecule has 2 aliphatic rings. The summed E-state index contributed by atoms with van der Waals surface area (Å²) < 4.78 is 18.3. The van der Waals surface area contributed by atoms with Gasteiger partial charge in [-0.15, -0.1) is 0 Å². The average molecular weight is 496 g/mol. The molecule has 0 radical (unpaired) electrons. The van der Waals surface area contributed by atoms with Crippen LogP contribution in [0.25, 0.3) is 10.9 Å². The molecular weight excluding hydrogens is 466 g/mol. The lowest BCUT2D eigenvalue weighted by atomic mass is 9.77. The zero-order valence-electron chi connectivity index (χ0n) is 20.3. The van der Waals surface area contributed by atoms with Gasteiger partial charge >= 0.3 is 0 Å². The fraction of sp³-hybridized carbons (Fsp3) is 0.458. The molecule has 12 nitrogen and oxygen atoms in total. The van der Waals surface area contributed by atoms with Crippen LogP contribution in [0.1, 0.15) is 23.2 Å². The molecule has 0 atom stereocenters. The maximum absolute atomic E-state index is 13.0. The average Bonchev–Trinajstić information content (AvgIpc) is 2.86. The van der Waals surface area contributed by atoms with Crippen molar-refractivity contribution in [1.29, 1.82) is 0 Å². The molecule has 1 spiro atoms. The van der Waals surface area contributed by atoms with E-state index in [-0.39, 0.29) is 23.0 Å². The first-order valence-electron chi connectivity index (χ1n) is 11.8. The Morgan fingerprint density at radius 1 is 1.22 bits per heavy atom. The van der Waals surface area contributed by atoms with Gasteiger partial charge in [-0.2, -0.15) is 0 Å². The molecule has 4 heterocycles. The fourth-order valence-electron chi connectivity index (χ4n) is 4.56. The molecule has 1 amide bonds. The lowest BCUT2D eigenvalue weighted by Crippen LogP contribution is -2.51. The number of anilines is 2. The highest BCUT2D eigenvalue weighted by Crippen LogP contribution is 2.38. The first kappa shape index (κ1) is 23.9. The molecule has 12 heteroatoms. The predicted molar refractivity (Wildman–Crippen MR) is 132 cm³/mol. The van der Waals surface area contributed by atoms with Gasteiger partial charge in [0.25, 0.3) is 11.5 Å². The summed E-state index contributed by atoms with van der Waals surface area (Å²) in [5.74, 6) is 0.390. The van der Waals surface area contributed by atoms with Crippen LogP contribution in [0.5, 0.6) is 11.5 Å². The largest absolute Gasteiger partial charge is 0.491 e. The van der Waals surface area contributed by atoms with Crippen molar-refractivity contribution >= 4 is 28.7 Å². The van der Waals surface area contributed by atoms with Crippen molar-refractivity contribution in [3.63, 3.8) is 0 Å². The number of amides is 1. The normalized spacial score (nSPS) is 17.1. The molecule has 0 saturated carbocycles. The van der Waals surface area contributed by atoms with Gasteiger partial charge in [0, 0.05) is 31.4 Å². The predicted octanol–water partition coefficient (Wildman–Crippen LogP) is 1.06. The number of carbonyl (C=O) groups excluding carboxylic acids is 1. The number of fused-ring (bicyclic) bond motifs is 1. The Morgan fingerprint density at radius 2 is 1.94 bits per heavy atom. The SMILES string of the molecule is COc1c(OCCN2CCC3(CC2)COC3)ccc2c(=O)n(C)c(NC(=O)c3cnc(N)nc3)nc12. The number of carbonyl (C=O) groups is 1. The zero-order valence-corrected chi connectivity index (χ0v) is 20.3. The zero-order chi connectivity index (χ0) is 25.3. The van der Waals surface area contributed by atoms with E-state index in [1.54, 1.807) is 12.1 Å². The molecule has 0 bridgehead atoms. The molecule has 0 unspecified atom stereocenters. The van der Waals surface area contributed by atoms with Crippen LogP contribution >= 0.6 is 0 Å². The molecule has 1 aromatic carbocycles. The number of piperidine rings is 1. The third-order valence-electron chi connectivity index (χ3n) is 6.93. The third-order valence-corrected chi connectivity index (χ3v) is 6.93. The maximum Gasteiger partial charge on any atom is 0.262 e. The van der Waals surface area contributed by atoms with Gasteiger partial charge in [-0.25, -0.2) is 15.0 Å². The van der Waals surface area contributed by atoms with E-state index in [1.165, 1.54) is 31.1 Å². The van der Waals surface area contributed by atoms with Gasteiger partial charge in [0.2, 0.25) is 11.9 Å². The number of nitrogens with two attached hydrogens (primary N) is 1. The Bertz CT molecular complexity index is 1330. The van der Waals surface area contributed by atoms with E-state index < -0.39 is 5.91 Å². The van der Waals surface area contributed by atoms with Gasteiger partial charge in [-0.3, -0.25) is 24.4 Å². The first-order valence-corrected chi connectivity index (χ1v) is 11.8. The van der Waals surface area contributed by atoms with E-state index in [1.807, 2.05) is 0 Å². The molecule has 0 aliphatic carbocycles. The van der Waals surface area contributed by atoms with Gasteiger partial charge in [0.15, 0.2) is 11.5 Å². The highest BCUT2D eigenvalue weighted by atomic mass is 16.5. The van der Waals surface area contributed by atoms with Gasteiger partial charge < -0.3 is 19.9 Å². The van der Waals surface area contributed by atoms with Crippen molar-refractivity contribution in [1.82, 2.24) is 24.4 Å². The summed E-state index contributed by atoms with van der Waals surface area (Å²) in [4.78, 5) is 40.2. The number of benzene rings is 1. The molecule has 2 saturated heterocycles. The monoisotopic (exact) mass is 495 g/mol. The third kappa shape index (κ3) is 4.56. The molecule has 36 heavy (non-hydrogen) atoms. The second kappa shape index (κ2) is 9.70. The number of hydrogen-bond donors (Lipinski definition) is 2. The minimum Gasteiger partial charge on any atom is -0.491 e. The van der Waals surface area contributed by atoms with E-state index in [4.69, 9.17) is 19.9 Å². The minimum atomic E-state index is -0.528. The van der Waals surface area contributed by atoms with Gasteiger partial charge in [-0.1, -0.05) is 0 Å². The number of nitrogens with one attached hydrogen (secondary N) is 1. The number of methoxy groups -OCH3 is 1. The summed E-state index contributed by atoms with van der Waals surface area (Å²) in [7, 11) is 3.02. The summed E-state index contributed by atoms with van der Waals surface area (Å²) in [6.07, 6.45) is 4.89. The van der Waals surface area contributed by atoms with Crippen LogP contribution in [0, 0.1) is 5.41 Å². The van der Waals surface area contributed by atoms with Crippen molar-refractivity contribution in [2.75, 3.05) is 57.6 Å². The number of nitrogens with zero attached hydrogens (tertiary/aromatic N) is 5. The van der Waals surface area contributed by atoms with E-state index in [2.05, 4.69) is 25.2 Å². The van der Waals surface area contributed by atoms with Crippen molar-refractivity contribution in [2.24, 2.45) is 12.5 Å². The van der Waals surface area contributed by atoms with E-state index in [0.29, 0.717) is 34.4 Å². The Labute approximate surface area is 207 Å². The van der Waals surface area contributed by atoms with Gasteiger partial charge in [-0.05, 0) is 38.1 Å². The highest BCUT2D eigenvalue weighted by molar-refractivity contribution is 6.03. The summed E-state index contributed by atoms with van der Waals surface area (Å²) in [5, 5.41) is 2.98.